The molecule has 0 aliphatic carbocycles. The molecule has 0 unspecified atom stereocenters. The van der Waals surface area contributed by atoms with Gasteiger partial charge in [-0.3, -0.25) is 9.41 Å². The zero-order valence-electron chi connectivity index (χ0n) is 0.816. The SMILES string of the molecule is F.F.[NaH].[NaH].[NaH]. The molecule has 0 radical (unpaired) electrons. The molecule has 22 valence electrons. The number of halogens is 2. The first kappa shape index (κ1) is 45.2. The third kappa shape index (κ3) is 19.8. The zero-order chi connectivity index (χ0) is 0. The van der Waals surface area contributed by atoms with Crippen LogP contribution in [-0.4, -0.2) is 88.7 Å². The number of hydrogen-bond donors (Lipinski definition) is 0. The average molecular weight is 112 g/mol. The summed E-state index contributed by atoms with van der Waals surface area (Å²) in [5.41, 5.74) is 0. The summed E-state index contributed by atoms with van der Waals surface area (Å²) in [5.74, 6) is 0. The first-order valence-corrected chi connectivity index (χ1v) is 0. The molecule has 0 aliphatic heterocycles. The summed E-state index contributed by atoms with van der Waals surface area (Å²) in [5, 5.41) is 0. The van der Waals surface area contributed by atoms with E-state index in [0.717, 1.165) is 0 Å². The summed E-state index contributed by atoms with van der Waals surface area (Å²) in [4.78, 5) is 0. The van der Waals surface area contributed by atoms with Crippen molar-refractivity contribution in [2.75, 3.05) is 0 Å². The Hall–Kier alpha value is 2.86. The van der Waals surface area contributed by atoms with Crippen molar-refractivity contribution in [3.05, 3.63) is 0 Å². The molecule has 0 saturated heterocycles. The molecule has 5 heavy (non-hydrogen) atoms. The van der Waals surface area contributed by atoms with Gasteiger partial charge in [-0.25, -0.2) is 0 Å². The normalized spacial score (nSPS) is 0. The predicted molar refractivity (Wildman–Crippen MR) is 26.5 cm³/mol. The maximum absolute atomic E-state index is 0. The molecule has 5 heteroatoms. The van der Waals surface area contributed by atoms with E-state index in [1.807, 2.05) is 0 Å². The van der Waals surface area contributed by atoms with Crippen LogP contribution in [0, 0.1) is 0 Å². The maximum atomic E-state index is 0. The van der Waals surface area contributed by atoms with Gasteiger partial charge in [-0.05, 0) is 0 Å². The first-order chi connectivity index (χ1) is 0. The molecule has 0 aromatic rings. The van der Waals surface area contributed by atoms with Crippen LogP contribution in [0.25, 0.3) is 0 Å². The fraction of sp³-hybridized carbons (Fsp3) is 0. The van der Waals surface area contributed by atoms with Crippen LogP contribution in [0.5, 0.6) is 0 Å². The van der Waals surface area contributed by atoms with E-state index in [0.29, 0.717) is 0 Å². The Balaban J connectivity index is 0. The van der Waals surface area contributed by atoms with Gasteiger partial charge in [0, 0.05) is 0 Å². The Morgan fingerprint density at radius 1 is 0.400 bits per heavy atom. The van der Waals surface area contributed by atoms with Crippen molar-refractivity contribution < 1.29 is 9.41 Å². The summed E-state index contributed by atoms with van der Waals surface area (Å²) in [6.45, 7) is 0. The van der Waals surface area contributed by atoms with E-state index < -0.39 is 0 Å². The first-order valence-electron chi connectivity index (χ1n) is 0. The van der Waals surface area contributed by atoms with Gasteiger partial charge in [0.05, 0.1) is 0 Å². The van der Waals surface area contributed by atoms with Crippen molar-refractivity contribution in [2.24, 2.45) is 0 Å². The Labute approximate surface area is 96.1 Å². The van der Waals surface area contributed by atoms with E-state index in [2.05, 4.69) is 0 Å². The molecule has 0 nitrogen and oxygen atoms in total. The van der Waals surface area contributed by atoms with E-state index in [-0.39, 0.29) is 98.1 Å². The quantitative estimate of drug-likeness (QED) is 0.330. The molecule has 0 aromatic carbocycles. The second-order valence-corrected chi connectivity index (χ2v) is 0. The van der Waals surface area contributed by atoms with Crippen LogP contribution in [0.2, 0.25) is 0 Å². The van der Waals surface area contributed by atoms with Crippen molar-refractivity contribution in [3.63, 3.8) is 0 Å². The molecule has 0 spiro atoms. The summed E-state index contributed by atoms with van der Waals surface area (Å²) in [7, 11) is 0. The molecule has 0 aliphatic rings. The molecular formula is H5F2Na3. The molecule has 0 rings (SSSR count). The number of hydrogen-bond acceptors (Lipinski definition) is 0. The van der Waals surface area contributed by atoms with E-state index in [1.165, 1.54) is 0 Å². The van der Waals surface area contributed by atoms with Gasteiger partial charge in [0.1, 0.15) is 0 Å². The van der Waals surface area contributed by atoms with Crippen molar-refractivity contribution in [1.82, 2.24) is 0 Å². The fourth-order valence-electron chi connectivity index (χ4n) is 0. The minimum atomic E-state index is 0. The topological polar surface area (TPSA) is 0 Å². The molecule has 0 bridgehead atoms. The summed E-state index contributed by atoms with van der Waals surface area (Å²) < 4.78 is 0. The van der Waals surface area contributed by atoms with Gasteiger partial charge < -0.3 is 0 Å². The van der Waals surface area contributed by atoms with E-state index in [1.54, 1.807) is 0 Å². The van der Waals surface area contributed by atoms with E-state index >= 15 is 0 Å². The Morgan fingerprint density at radius 2 is 0.400 bits per heavy atom. The molecular weight excluding hydrogens is 107 g/mol. The second-order valence-electron chi connectivity index (χ2n) is 0. The predicted octanol–water partition coefficient (Wildman–Crippen LogP) is -1.64. The van der Waals surface area contributed by atoms with E-state index in [9.17, 15) is 0 Å². The molecule has 0 heterocycles. The summed E-state index contributed by atoms with van der Waals surface area (Å²) in [6.07, 6.45) is 0. The third-order valence-electron chi connectivity index (χ3n) is 0. The van der Waals surface area contributed by atoms with Gasteiger partial charge >= 0.3 is 88.7 Å². The van der Waals surface area contributed by atoms with Crippen molar-refractivity contribution >= 4 is 88.7 Å². The Kier molecular flexibility index (Phi) is 260. The van der Waals surface area contributed by atoms with Gasteiger partial charge in [-0.2, -0.15) is 0 Å². The molecule has 0 amide bonds. The van der Waals surface area contributed by atoms with Gasteiger partial charge in [0.2, 0.25) is 0 Å². The van der Waals surface area contributed by atoms with Gasteiger partial charge in [0.15, 0.2) is 0 Å². The van der Waals surface area contributed by atoms with Crippen LogP contribution in [0.1, 0.15) is 0 Å². The molecule has 0 atom stereocenters. The van der Waals surface area contributed by atoms with Gasteiger partial charge in [-0.15, -0.1) is 0 Å². The van der Waals surface area contributed by atoms with Crippen molar-refractivity contribution in [3.8, 4) is 0 Å². The van der Waals surface area contributed by atoms with E-state index in [4.69, 9.17) is 0 Å². The molecule has 0 fully saturated rings. The standard InChI is InChI=1S/2FH.3Na.3H/h2*1H;;;;;;. The van der Waals surface area contributed by atoms with Crippen LogP contribution in [0.3, 0.4) is 0 Å². The fourth-order valence-corrected chi connectivity index (χ4v) is 0. The molecule has 0 aromatic heterocycles. The van der Waals surface area contributed by atoms with Crippen molar-refractivity contribution in [2.45, 2.75) is 0 Å². The van der Waals surface area contributed by atoms with Crippen molar-refractivity contribution in [1.29, 1.82) is 0 Å². The van der Waals surface area contributed by atoms with Gasteiger partial charge in [0.25, 0.3) is 0 Å². The molecule has 0 saturated carbocycles. The summed E-state index contributed by atoms with van der Waals surface area (Å²) >= 11 is 0. The Morgan fingerprint density at radius 3 is 0.400 bits per heavy atom. The average Bonchev–Trinajstić information content (AvgIpc) is 0. The Bertz CT molecular complexity index is 4.85. The number of rotatable bonds is 0. The third-order valence-corrected chi connectivity index (χ3v) is 0. The zero-order valence-corrected chi connectivity index (χ0v) is 0.816. The van der Waals surface area contributed by atoms with Crippen LogP contribution < -0.4 is 0 Å². The molecule has 0 N–H and O–H groups in total. The summed E-state index contributed by atoms with van der Waals surface area (Å²) in [6, 6.07) is 0. The second kappa shape index (κ2) is 28.8. The minimum absolute atomic E-state index is 0. The van der Waals surface area contributed by atoms with Crippen LogP contribution in [-0.2, 0) is 0 Å². The van der Waals surface area contributed by atoms with Crippen LogP contribution in [0.15, 0.2) is 0 Å². The van der Waals surface area contributed by atoms with Crippen LogP contribution in [0.4, 0.5) is 9.41 Å². The monoisotopic (exact) mass is 112 g/mol. The van der Waals surface area contributed by atoms with Gasteiger partial charge in [-0.1, -0.05) is 0 Å². The van der Waals surface area contributed by atoms with Crippen LogP contribution >= 0.6 is 0 Å².